The molecule has 0 unspecified atom stereocenters. The molecule has 1 saturated carbocycles. The SMILES string of the molecule is COc1ccc(-c2ccc(C[C@H](NC(=O)[C@@H](NC(=O)CN3CCCC3)C(C)(C)C)[C@@H](O)C[C@@H](Cc3ccccc3F)C(=O)N[C@H]3[C@H](C)CCC[C@H]3O)cc2)cn1. The zero-order valence-electron chi connectivity index (χ0n) is 33.5. The van der Waals surface area contributed by atoms with E-state index in [-0.39, 0.29) is 37.6 Å². The highest BCUT2D eigenvalue weighted by atomic mass is 19.1. The Morgan fingerprint density at radius 3 is 2.25 bits per heavy atom. The first-order valence-corrected chi connectivity index (χ1v) is 20.0. The summed E-state index contributed by atoms with van der Waals surface area (Å²) in [5.74, 6) is -1.89. The van der Waals surface area contributed by atoms with Crippen LogP contribution in [0.5, 0.6) is 5.88 Å². The fourth-order valence-corrected chi connectivity index (χ4v) is 7.91. The molecule has 2 fully saturated rings. The van der Waals surface area contributed by atoms with Gasteiger partial charge in [0.2, 0.25) is 23.6 Å². The summed E-state index contributed by atoms with van der Waals surface area (Å²) < 4.78 is 20.2. The Morgan fingerprint density at radius 1 is 0.929 bits per heavy atom. The van der Waals surface area contributed by atoms with Crippen molar-refractivity contribution in [1.29, 1.82) is 0 Å². The average Bonchev–Trinajstić information content (AvgIpc) is 3.68. The molecule has 7 atom stereocenters. The van der Waals surface area contributed by atoms with Gasteiger partial charge in [-0.1, -0.05) is 76.6 Å². The third-order valence-corrected chi connectivity index (χ3v) is 11.3. The third kappa shape index (κ3) is 11.8. The van der Waals surface area contributed by atoms with E-state index in [0.717, 1.165) is 55.5 Å². The molecule has 1 aromatic heterocycles. The topological polar surface area (TPSA) is 153 Å². The highest BCUT2D eigenvalue weighted by molar-refractivity contribution is 5.89. The van der Waals surface area contributed by atoms with Crippen LogP contribution in [0, 0.1) is 23.1 Å². The van der Waals surface area contributed by atoms with Crippen LogP contribution < -0.4 is 20.7 Å². The smallest absolute Gasteiger partial charge is 0.243 e. The number of nitrogens with zero attached hydrogens (tertiary/aromatic N) is 2. The van der Waals surface area contributed by atoms with Crippen LogP contribution in [0.2, 0.25) is 0 Å². The number of likely N-dealkylation sites (tertiary alicyclic amines) is 1. The highest BCUT2D eigenvalue weighted by Gasteiger charge is 2.38. The van der Waals surface area contributed by atoms with Crippen LogP contribution >= 0.6 is 0 Å². The number of benzene rings is 2. The maximum absolute atomic E-state index is 15.0. The number of halogens is 1. The van der Waals surface area contributed by atoms with Crippen LogP contribution in [0.25, 0.3) is 11.1 Å². The van der Waals surface area contributed by atoms with Crippen molar-refractivity contribution >= 4 is 17.7 Å². The van der Waals surface area contributed by atoms with Gasteiger partial charge in [0.05, 0.1) is 37.9 Å². The second-order valence-electron chi connectivity index (χ2n) is 16.8. The van der Waals surface area contributed by atoms with Crippen molar-refractivity contribution in [3.05, 3.63) is 83.8 Å². The fraction of sp³-hybridized carbons (Fsp3) is 0.545. The van der Waals surface area contributed by atoms with Gasteiger partial charge in [-0.3, -0.25) is 19.3 Å². The van der Waals surface area contributed by atoms with Gasteiger partial charge in [0.25, 0.3) is 0 Å². The number of nitrogens with one attached hydrogen (secondary N) is 3. The molecule has 0 spiro atoms. The van der Waals surface area contributed by atoms with Crippen LogP contribution in [0.15, 0.2) is 66.9 Å². The number of aromatic nitrogens is 1. The van der Waals surface area contributed by atoms with E-state index in [1.54, 1.807) is 37.6 Å². The Labute approximate surface area is 330 Å². The molecule has 56 heavy (non-hydrogen) atoms. The van der Waals surface area contributed by atoms with E-state index in [9.17, 15) is 24.6 Å². The summed E-state index contributed by atoms with van der Waals surface area (Å²) in [6, 6.07) is 15.4. The van der Waals surface area contributed by atoms with Crippen molar-refractivity contribution in [2.75, 3.05) is 26.7 Å². The largest absolute Gasteiger partial charge is 0.481 e. The number of aliphatic hydroxyl groups is 2. The lowest BCUT2D eigenvalue weighted by Crippen LogP contribution is -2.58. The third-order valence-electron chi connectivity index (χ3n) is 11.3. The summed E-state index contributed by atoms with van der Waals surface area (Å²) in [5, 5.41) is 31.9. The van der Waals surface area contributed by atoms with E-state index in [1.807, 2.05) is 58.0 Å². The van der Waals surface area contributed by atoms with Crippen molar-refractivity contribution in [3.63, 3.8) is 0 Å². The minimum Gasteiger partial charge on any atom is -0.481 e. The lowest BCUT2D eigenvalue weighted by molar-refractivity contribution is -0.133. The number of rotatable bonds is 16. The first-order chi connectivity index (χ1) is 26.7. The minimum atomic E-state index is -1.25. The lowest BCUT2D eigenvalue weighted by Gasteiger charge is -2.36. The van der Waals surface area contributed by atoms with Crippen LogP contribution in [-0.4, -0.2) is 94.9 Å². The lowest BCUT2D eigenvalue weighted by atomic mass is 9.82. The van der Waals surface area contributed by atoms with E-state index in [2.05, 4.69) is 25.8 Å². The molecular formula is C44H60FN5O6. The molecule has 5 N–H and O–H groups in total. The molecule has 1 saturated heterocycles. The zero-order valence-corrected chi connectivity index (χ0v) is 33.5. The zero-order chi connectivity index (χ0) is 40.4. The molecule has 0 radical (unpaired) electrons. The Morgan fingerprint density at radius 2 is 1.62 bits per heavy atom. The number of aliphatic hydroxyl groups excluding tert-OH is 2. The van der Waals surface area contributed by atoms with Gasteiger partial charge in [-0.2, -0.15) is 0 Å². The molecule has 5 rings (SSSR count). The fourth-order valence-electron chi connectivity index (χ4n) is 7.91. The summed E-state index contributed by atoms with van der Waals surface area (Å²) in [4.78, 5) is 47.9. The van der Waals surface area contributed by atoms with E-state index in [1.165, 1.54) is 6.07 Å². The van der Waals surface area contributed by atoms with Crippen LogP contribution in [0.3, 0.4) is 0 Å². The van der Waals surface area contributed by atoms with Crippen molar-refractivity contribution < 1.29 is 33.7 Å². The Hall–Kier alpha value is -4.39. The average molecular weight is 774 g/mol. The molecule has 11 nitrogen and oxygen atoms in total. The Balaban J connectivity index is 1.41. The molecule has 0 bridgehead atoms. The summed E-state index contributed by atoms with van der Waals surface area (Å²) in [5.41, 5.74) is 2.28. The molecule has 2 aromatic carbocycles. The Kier molecular flexibility index (Phi) is 15.0. The maximum Gasteiger partial charge on any atom is 0.243 e. The highest BCUT2D eigenvalue weighted by Crippen LogP contribution is 2.28. The number of hydrogen-bond donors (Lipinski definition) is 5. The molecule has 2 heterocycles. The quantitative estimate of drug-likeness (QED) is 0.139. The number of hydrogen-bond acceptors (Lipinski definition) is 8. The molecule has 3 aromatic rings. The van der Waals surface area contributed by atoms with Crippen LogP contribution in [0.4, 0.5) is 4.39 Å². The maximum atomic E-state index is 15.0. The van der Waals surface area contributed by atoms with E-state index in [4.69, 9.17) is 4.74 Å². The molecular weight excluding hydrogens is 714 g/mol. The van der Waals surface area contributed by atoms with Crippen molar-refractivity contribution in [1.82, 2.24) is 25.8 Å². The van der Waals surface area contributed by atoms with E-state index < -0.39 is 59.3 Å². The summed E-state index contributed by atoms with van der Waals surface area (Å²) >= 11 is 0. The molecule has 2 aliphatic rings. The summed E-state index contributed by atoms with van der Waals surface area (Å²) in [6.45, 7) is 9.49. The van der Waals surface area contributed by atoms with Gasteiger partial charge in [-0.25, -0.2) is 9.37 Å². The number of methoxy groups -OCH3 is 1. The first kappa shape index (κ1) is 42.7. The predicted molar refractivity (Wildman–Crippen MR) is 214 cm³/mol. The van der Waals surface area contributed by atoms with Crippen molar-refractivity contribution in [3.8, 4) is 17.0 Å². The normalized spacial score (nSPS) is 21.0. The van der Waals surface area contributed by atoms with Crippen molar-refractivity contribution in [2.45, 2.75) is 109 Å². The van der Waals surface area contributed by atoms with E-state index in [0.29, 0.717) is 17.9 Å². The van der Waals surface area contributed by atoms with Crippen LogP contribution in [0.1, 0.15) is 77.3 Å². The second-order valence-corrected chi connectivity index (χ2v) is 16.8. The second kappa shape index (κ2) is 19.7. The molecule has 12 heteroatoms. The first-order valence-electron chi connectivity index (χ1n) is 20.0. The Bertz CT molecular complexity index is 1730. The van der Waals surface area contributed by atoms with Gasteiger partial charge in [0.1, 0.15) is 11.9 Å². The van der Waals surface area contributed by atoms with Gasteiger partial charge in [0, 0.05) is 23.7 Å². The van der Waals surface area contributed by atoms with Gasteiger partial charge in [-0.05, 0) is 98.2 Å². The van der Waals surface area contributed by atoms with Gasteiger partial charge >= 0.3 is 0 Å². The molecule has 3 amide bonds. The van der Waals surface area contributed by atoms with Gasteiger partial charge < -0.3 is 30.9 Å². The van der Waals surface area contributed by atoms with E-state index >= 15 is 4.39 Å². The number of ether oxygens (including phenoxy) is 1. The van der Waals surface area contributed by atoms with Crippen LogP contribution in [-0.2, 0) is 27.2 Å². The standard InChI is InChI=1S/C44H60FN5O6/c1-28-11-10-14-36(51)40(28)49-42(54)33(24-31-12-6-7-13-34(31)45)25-37(52)35(23-29-15-17-30(18-16-29)32-19-20-39(56-5)46-26-32)47-43(55)41(44(2,3)4)48-38(53)27-50-21-8-9-22-50/h6-7,12-13,15-20,26,28,33,35-37,40-41,51-52H,8-11,14,21-25,27H2,1-5H3,(H,47,55)(H,48,53)(H,49,54)/t28-,33-,35+,36-,37+,40+,41-/m1/s1. The summed E-state index contributed by atoms with van der Waals surface area (Å²) in [7, 11) is 1.56. The minimum absolute atomic E-state index is 0.00912. The summed E-state index contributed by atoms with van der Waals surface area (Å²) in [6.07, 6.45) is 4.23. The van der Waals surface area contributed by atoms with Gasteiger partial charge in [-0.15, -0.1) is 0 Å². The number of amides is 3. The number of carbonyl (C=O) groups excluding carboxylic acids is 3. The predicted octanol–water partition coefficient (Wildman–Crippen LogP) is 4.83. The number of pyridine rings is 1. The number of carbonyl (C=O) groups is 3. The molecule has 304 valence electrons. The molecule has 1 aliphatic heterocycles. The van der Waals surface area contributed by atoms with Gasteiger partial charge in [0.15, 0.2) is 0 Å². The monoisotopic (exact) mass is 773 g/mol. The molecule has 1 aliphatic carbocycles. The van der Waals surface area contributed by atoms with Crippen molar-refractivity contribution in [2.24, 2.45) is 17.3 Å².